The molecule has 0 amide bonds. The first-order valence-electron chi connectivity index (χ1n) is 6.59. The Balaban J connectivity index is 2.53. The lowest BCUT2D eigenvalue weighted by Crippen LogP contribution is -2.27. The molecular formula is C13H20ClN5S. The van der Waals surface area contributed by atoms with Crippen LogP contribution < -0.4 is 5.32 Å². The summed E-state index contributed by atoms with van der Waals surface area (Å²) in [6, 6.07) is -0.0331. The number of nitrogens with zero attached hydrogens (tertiary/aromatic N) is 4. The summed E-state index contributed by atoms with van der Waals surface area (Å²) in [4.78, 5) is 1.10. The maximum absolute atomic E-state index is 6.30. The van der Waals surface area contributed by atoms with E-state index in [4.69, 9.17) is 11.6 Å². The molecule has 0 fully saturated rings. The van der Waals surface area contributed by atoms with Crippen LogP contribution in [0.3, 0.4) is 0 Å². The summed E-state index contributed by atoms with van der Waals surface area (Å²) in [6.07, 6.45) is 1.67. The lowest BCUT2D eigenvalue weighted by molar-refractivity contribution is 0.530. The van der Waals surface area contributed by atoms with Gasteiger partial charge in [-0.05, 0) is 18.1 Å². The van der Waals surface area contributed by atoms with Gasteiger partial charge in [0.2, 0.25) is 0 Å². The normalized spacial score (nSPS) is 13.7. The van der Waals surface area contributed by atoms with E-state index in [0.29, 0.717) is 5.02 Å². The molecule has 1 N–H and O–H groups in total. The topological polar surface area (TPSA) is 55.6 Å². The standard InChI is InChI=1S/C13H20ClN5S/c1-6-15-9(10-8(14)7-16-19(10)5)11-12(13(2,3)4)17-18-20-11/h7,9,15H,6H2,1-5H3. The van der Waals surface area contributed by atoms with Crippen LogP contribution in [0.25, 0.3) is 0 Å². The Morgan fingerprint density at radius 3 is 2.65 bits per heavy atom. The van der Waals surface area contributed by atoms with Gasteiger partial charge in [0.1, 0.15) is 0 Å². The molecule has 5 nitrogen and oxygen atoms in total. The summed E-state index contributed by atoms with van der Waals surface area (Å²) in [6.45, 7) is 9.32. The van der Waals surface area contributed by atoms with Crippen LogP contribution in [0.1, 0.15) is 50.0 Å². The molecule has 110 valence electrons. The third kappa shape index (κ3) is 2.87. The van der Waals surface area contributed by atoms with E-state index in [1.807, 2.05) is 11.7 Å². The first-order valence-corrected chi connectivity index (χ1v) is 7.75. The van der Waals surface area contributed by atoms with Gasteiger partial charge in [-0.1, -0.05) is 43.8 Å². The van der Waals surface area contributed by atoms with E-state index in [9.17, 15) is 0 Å². The number of aryl methyl sites for hydroxylation is 1. The van der Waals surface area contributed by atoms with Gasteiger partial charge < -0.3 is 5.32 Å². The highest BCUT2D eigenvalue weighted by Gasteiger charge is 2.30. The number of nitrogens with one attached hydrogen (secondary N) is 1. The van der Waals surface area contributed by atoms with Crippen LogP contribution in [0.2, 0.25) is 5.02 Å². The minimum absolute atomic E-state index is 0.0331. The number of halogens is 1. The second kappa shape index (κ2) is 5.79. The van der Waals surface area contributed by atoms with E-state index in [1.54, 1.807) is 6.20 Å². The Bertz CT molecular complexity index is 564. The Labute approximate surface area is 128 Å². The number of hydrogen-bond acceptors (Lipinski definition) is 5. The van der Waals surface area contributed by atoms with Crippen LogP contribution >= 0.6 is 23.1 Å². The molecule has 7 heteroatoms. The lowest BCUT2D eigenvalue weighted by atomic mass is 9.89. The lowest BCUT2D eigenvalue weighted by Gasteiger charge is -2.22. The molecule has 0 aliphatic carbocycles. The van der Waals surface area contributed by atoms with Crippen molar-refractivity contribution in [1.29, 1.82) is 0 Å². The van der Waals surface area contributed by atoms with Crippen molar-refractivity contribution in [2.45, 2.75) is 39.2 Å². The van der Waals surface area contributed by atoms with Crippen molar-refractivity contribution in [2.75, 3.05) is 6.54 Å². The largest absolute Gasteiger partial charge is 0.304 e. The predicted molar refractivity (Wildman–Crippen MR) is 82.3 cm³/mol. The van der Waals surface area contributed by atoms with Crippen LogP contribution in [0.5, 0.6) is 0 Å². The van der Waals surface area contributed by atoms with Crippen LogP contribution in [0.4, 0.5) is 0 Å². The second-order valence-electron chi connectivity index (χ2n) is 5.73. The molecule has 0 aromatic carbocycles. The van der Waals surface area contributed by atoms with E-state index in [0.717, 1.165) is 22.8 Å². The minimum Gasteiger partial charge on any atom is -0.304 e. The molecule has 0 bridgehead atoms. The molecule has 1 unspecified atom stereocenters. The molecule has 0 spiro atoms. The van der Waals surface area contributed by atoms with E-state index in [1.165, 1.54) is 11.5 Å². The smallest absolute Gasteiger partial charge is 0.0892 e. The zero-order valence-corrected chi connectivity index (χ0v) is 14.0. The van der Waals surface area contributed by atoms with Crippen LogP contribution in [-0.2, 0) is 12.5 Å². The van der Waals surface area contributed by atoms with Gasteiger partial charge in [-0.2, -0.15) is 5.10 Å². The highest BCUT2D eigenvalue weighted by Crippen LogP contribution is 2.35. The van der Waals surface area contributed by atoms with Crippen LogP contribution in [0.15, 0.2) is 6.20 Å². The fraction of sp³-hybridized carbons (Fsp3) is 0.615. The minimum atomic E-state index is -0.0545. The van der Waals surface area contributed by atoms with Crippen molar-refractivity contribution in [3.05, 3.63) is 27.5 Å². The van der Waals surface area contributed by atoms with Crippen molar-refractivity contribution in [3.63, 3.8) is 0 Å². The van der Waals surface area contributed by atoms with E-state index in [-0.39, 0.29) is 11.5 Å². The maximum atomic E-state index is 6.30. The number of aromatic nitrogens is 4. The second-order valence-corrected chi connectivity index (χ2v) is 6.92. The molecule has 0 radical (unpaired) electrons. The molecule has 2 rings (SSSR count). The van der Waals surface area contributed by atoms with Crippen molar-refractivity contribution < 1.29 is 0 Å². The predicted octanol–water partition coefficient (Wildman–Crippen LogP) is 2.92. The molecule has 20 heavy (non-hydrogen) atoms. The number of rotatable bonds is 4. The Hall–Kier alpha value is -0.980. The summed E-state index contributed by atoms with van der Waals surface area (Å²) in [5.74, 6) is 0. The summed E-state index contributed by atoms with van der Waals surface area (Å²) in [7, 11) is 1.90. The molecule has 0 aliphatic rings. The Morgan fingerprint density at radius 2 is 2.15 bits per heavy atom. The highest BCUT2D eigenvalue weighted by molar-refractivity contribution is 7.05. The molecule has 2 heterocycles. The average Bonchev–Trinajstić information content (AvgIpc) is 2.94. The van der Waals surface area contributed by atoms with Crippen LogP contribution in [-0.4, -0.2) is 25.9 Å². The zero-order chi connectivity index (χ0) is 14.9. The van der Waals surface area contributed by atoms with Crippen molar-refractivity contribution in [1.82, 2.24) is 24.7 Å². The SMILES string of the molecule is CCNC(c1snnc1C(C)(C)C)c1c(Cl)cnn1C. The maximum Gasteiger partial charge on any atom is 0.0892 e. The van der Waals surface area contributed by atoms with Gasteiger partial charge in [-0.15, -0.1) is 5.10 Å². The van der Waals surface area contributed by atoms with E-state index in [2.05, 4.69) is 47.7 Å². The monoisotopic (exact) mass is 313 g/mol. The Morgan fingerprint density at radius 1 is 1.45 bits per heavy atom. The molecule has 0 saturated heterocycles. The third-order valence-electron chi connectivity index (χ3n) is 3.11. The van der Waals surface area contributed by atoms with Gasteiger partial charge in [0.05, 0.1) is 33.5 Å². The highest BCUT2D eigenvalue weighted by atomic mass is 35.5. The van der Waals surface area contributed by atoms with E-state index < -0.39 is 0 Å². The van der Waals surface area contributed by atoms with Gasteiger partial charge in [-0.3, -0.25) is 4.68 Å². The summed E-state index contributed by atoms with van der Waals surface area (Å²) >= 11 is 7.72. The first-order chi connectivity index (χ1) is 9.36. The molecule has 2 aromatic rings. The van der Waals surface area contributed by atoms with Gasteiger partial charge in [0.15, 0.2) is 0 Å². The van der Waals surface area contributed by atoms with Crippen molar-refractivity contribution >= 4 is 23.1 Å². The van der Waals surface area contributed by atoms with Gasteiger partial charge in [-0.25, -0.2) is 0 Å². The first kappa shape index (κ1) is 15.4. The summed E-state index contributed by atoms with van der Waals surface area (Å²) in [5.41, 5.74) is 1.90. The summed E-state index contributed by atoms with van der Waals surface area (Å²) < 4.78 is 5.95. The van der Waals surface area contributed by atoms with E-state index >= 15 is 0 Å². The fourth-order valence-electron chi connectivity index (χ4n) is 2.17. The van der Waals surface area contributed by atoms with Gasteiger partial charge in [0.25, 0.3) is 0 Å². The molecule has 2 aromatic heterocycles. The molecule has 0 aliphatic heterocycles. The van der Waals surface area contributed by atoms with Crippen LogP contribution in [0, 0.1) is 0 Å². The zero-order valence-electron chi connectivity index (χ0n) is 12.4. The quantitative estimate of drug-likeness (QED) is 0.943. The molecule has 0 saturated carbocycles. The summed E-state index contributed by atoms with van der Waals surface area (Å²) in [5, 5.41) is 12.7. The van der Waals surface area contributed by atoms with Crippen molar-refractivity contribution in [3.8, 4) is 0 Å². The Kier molecular flexibility index (Phi) is 4.46. The van der Waals surface area contributed by atoms with Gasteiger partial charge in [0, 0.05) is 12.5 Å². The molecule has 1 atom stereocenters. The third-order valence-corrected chi connectivity index (χ3v) is 4.19. The van der Waals surface area contributed by atoms with Gasteiger partial charge >= 0.3 is 0 Å². The average molecular weight is 314 g/mol. The number of hydrogen-bond donors (Lipinski definition) is 1. The fourth-order valence-corrected chi connectivity index (χ4v) is 3.39. The van der Waals surface area contributed by atoms with Crippen molar-refractivity contribution in [2.24, 2.45) is 7.05 Å². The molecular weight excluding hydrogens is 294 g/mol.